The lowest BCUT2D eigenvalue weighted by atomic mass is 9.75. The number of fused-ring (bicyclic) bond motifs is 1. The fourth-order valence-electron chi connectivity index (χ4n) is 2.38. The van der Waals surface area contributed by atoms with Crippen molar-refractivity contribution in [1.29, 1.82) is 0 Å². The van der Waals surface area contributed by atoms with E-state index in [0.717, 1.165) is 30.7 Å². The van der Waals surface area contributed by atoms with Gasteiger partial charge in [-0.2, -0.15) is 0 Å². The average molecular weight is 259 g/mol. The largest absolute Gasteiger partial charge is 0.349 e. The van der Waals surface area contributed by atoms with Gasteiger partial charge in [0.05, 0.1) is 6.54 Å². The summed E-state index contributed by atoms with van der Waals surface area (Å²) < 4.78 is 1.86. The molecule has 2 aromatic heterocycles. The van der Waals surface area contributed by atoms with Crippen LogP contribution in [0.3, 0.4) is 0 Å². The van der Waals surface area contributed by atoms with E-state index in [4.69, 9.17) is 5.73 Å². The third kappa shape index (κ3) is 2.44. The van der Waals surface area contributed by atoms with Crippen LogP contribution in [0.1, 0.15) is 31.5 Å². The second kappa shape index (κ2) is 4.62. The lowest BCUT2D eigenvalue weighted by molar-refractivity contribution is -0.123. The highest BCUT2D eigenvalue weighted by Gasteiger charge is 2.34. The summed E-state index contributed by atoms with van der Waals surface area (Å²) in [5.41, 5.74) is 6.55. The Kier molecular flexibility index (Phi) is 2.94. The van der Waals surface area contributed by atoms with Gasteiger partial charge in [0.25, 0.3) is 0 Å². The molecule has 0 aromatic carbocycles. The molecule has 0 spiro atoms. The van der Waals surface area contributed by atoms with Crippen molar-refractivity contribution in [3.05, 3.63) is 30.2 Å². The Labute approximate surface area is 111 Å². The predicted molar refractivity (Wildman–Crippen MR) is 70.2 cm³/mol. The van der Waals surface area contributed by atoms with Gasteiger partial charge in [0.2, 0.25) is 5.91 Å². The molecule has 1 saturated carbocycles. The quantitative estimate of drug-likeness (QED) is 0.842. The lowest BCUT2D eigenvalue weighted by Gasteiger charge is -2.37. The molecule has 6 heteroatoms. The highest BCUT2D eigenvalue weighted by molar-refractivity contribution is 5.77. The Morgan fingerprint density at radius 1 is 1.42 bits per heavy atom. The van der Waals surface area contributed by atoms with Crippen LogP contribution in [0, 0.1) is 0 Å². The molecule has 100 valence electrons. The number of nitrogens with two attached hydrogens (primary N) is 1. The van der Waals surface area contributed by atoms with Gasteiger partial charge in [-0.3, -0.25) is 9.20 Å². The Bertz CT molecular complexity index is 602. The van der Waals surface area contributed by atoms with Gasteiger partial charge < -0.3 is 11.1 Å². The fourth-order valence-corrected chi connectivity index (χ4v) is 2.38. The number of hydrogen-bond acceptors (Lipinski definition) is 4. The molecule has 19 heavy (non-hydrogen) atoms. The van der Waals surface area contributed by atoms with Crippen molar-refractivity contribution in [2.45, 2.75) is 37.8 Å². The maximum atomic E-state index is 11.8. The van der Waals surface area contributed by atoms with E-state index >= 15 is 0 Å². The molecule has 3 N–H and O–H groups in total. The van der Waals surface area contributed by atoms with E-state index in [1.165, 1.54) is 0 Å². The molecule has 0 bridgehead atoms. The third-order valence-electron chi connectivity index (χ3n) is 3.69. The Morgan fingerprint density at radius 3 is 3.00 bits per heavy atom. The Hall–Kier alpha value is -1.95. The summed E-state index contributed by atoms with van der Waals surface area (Å²) in [6.07, 6.45) is 5.28. The van der Waals surface area contributed by atoms with Gasteiger partial charge in [0.15, 0.2) is 11.5 Å². The van der Waals surface area contributed by atoms with Crippen LogP contribution in [0.4, 0.5) is 0 Å². The van der Waals surface area contributed by atoms with E-state index < -0.39 is 0 Å². The van der Waals surface area contributed by atoms with Crippen LogP contribution in [0.2, 0.25) is 0 Å². The summed E-state index contributed by atoms with van der Waals surface area (Å²) in [5.74, 6) is 0.707. The zero-order valence-corrected chi connectivity index (χ0v) is 10.7. The maximum Gasteiger partial charge on any atom is 0.222 e. The van der Waals surface area contributed by atoms with Gasteiger partial charge in [-0.1, -0.05) is 6.07 Å². The van der Waals surface area contributed by atoms with E-state index in [1.54, 1.807) is 0 Å². The molecule has 1 aliphatic carbocycles. The summed E-state index contributed by atoms with van der Waals surface area (Å²) in [7, 11) is 0. The molecule has 3 rings (SSSR count). The SMILES string of the molecule is NC1(CC(=O)NCc2nnc3ccccn23)CCC1. The van der Waals surface area contributed by atoms with Crippen LogP contribution in [0.5, 0.6) is 0 Å². The highest BCUT2D eigenvalue weighted by Crippen LogP contribution is 2.31. The number of hydrogen-bond donors (Lipinski definition) is 2. The summed E-state index contributed by atoms with van der Waals surface area (Å²) >= 11 is 0. The molecule has 0 atom stereocenters. The summed E-state index contributed by atoms with van der Waals surface area (Å²) in [6, 6.07) is 5.69. The van der Waals surface area contributed by atoms with Crippen LogP contribution in [-0.4, -0.2) is 26.0 Å². The topological polar surface area (TPSA) is 85.3 Å². The van der Waals surface area contributed by atoms with E-state index in [-0.39, 0.29) is 11.4 Å². The van der Waals surface area contributed by atoms with Crippen molar-refractivity contribution in [3.8, 4) is 0 Å². The number of amides is 1. The predicted octanol–water partition coefficient (Wildman–Crippen LogP) is 0.617. The lowest BCUT2D eigenvalue weighted by Crippen LogP contribution is -2.49. The van der Waals surface area contributed by atoms with Gasteiger partial charge in [0.1, 0.15) is 0 Å². The van der Waals surface area contributed by atoms with Gasteiger partial charge in [-0.15, -0.1) is 10.2 Å². The number of carbonyl (C=O) groups excluding carboxylic acids is 1. The minimum absolute atomic E-state index is 0.0186. The summed E-state index contributed by atoms with van der Waals surface area (Å²) in [6.45, 7) is 0.375. The maximum absolute atomic E-state index is 11.8. The van der Waals surface area contributed by atoms with Crippen LogP contribution in [0.15, 0.2) is 24.4 Å². The molecule has 0 radical (unpaired) electrons. The molecule has 6 nitrogen and oxygen atoms in total. The first-order valence-electron chi connectivity index (χ1n) is 6.51. The van der Waals surface area contributed by atoms with E-state index in [9.17, 15) is 4.79 Å². The van der Waals surface area contributed by atoms with E-state index in [2.05, 4.69) is 15.5 Å². The molecule has 0 aliphatic heterocycles. The van der Waals surface area contributed by atoms with Gasteiger partial charge in [-0.25, -0.2) is 0 Å². The first-order chi connectivity index (χ1) is 9.16. The van der Waals surface area contributed by atoms with Crippen LogP contribution < -0.4 is 11.1 Å². The van der Waals surface area contributed by atoms with Gasteiger partial charge in [0, 0.05) is 18.2 Å². The summed E-state index contributed by atoms with van der Waals surface area (Å²) in [5, 5.41) is 11.0. The highest BCUT2D eigenvalue weighted by atomic mass is 16.1. The molecule has 1 fully saturated rings. The smallest absolute Gasteiger partial charge is 0.222 e. The Morgan fingerprint density at radius 2 is 2.26 bits per heavy atom. The van der Waals surface area contributed by atoms with Crippen LogP contribution >= 0.6 is 0 Å². The zero-order chi connectivity index (χ0) is 13.3. The van der Waals surface area contributed by atoms with E-state index in [1.807, 2.05) is 28.8 Å². The van der Waals surface area contributed by atoms with Crippen molar-refractivity contribution in [2.24, 2.45) is 5.73 Å². The second-order valence-corrected chi connectivity index (χ2v) is 5.21. The van der Waals surface area contributed by atoms with Crippen molar-refractivity contribution >= 4 is 11.6 Å². The number of carbonyl (C=O) groups is 1. The zero-order valence-electron chi connectivity index (χ0n) is 10.7. The summed E-state index contributed by atoms with van der Waals surface area (Å²) in [4.78, 5) is 11.8. The Balaban J connectivity index is 1.61. The normalized spacial score (nSPS) is 17.1. The second-order valence-electron chi connectivity index (χ2n) is 5.21. The van der Waals surface area contributed by atoms with Crippen molar-refractivity contribution in [2.75, 3.05) is 0 Å². The van der Waals surface area contributed by atoms with Crippen molar-refractivity contribution < 1.29 is 4.79 Å². The molecular weight excluding hydrogens is 242 g/mol. The average Bonchev–Trinajstić information content (AvgIpc) is 2.78. The van der Waals surface area contributed by atoms with Gasteiger partial charge >= 0.3 is 0 Å². The number of rotatable bonds is 4. The number of aromatic nitrogens is 3. The third-order valence-corrected chi connectivity index (χ3v) is 3.69. The standard InChI is InChI=1S/C13H17N5O/c14-13(5-3-6-13)8-12(19)15-9-11-17-16-10-4-1-2-7-18(10)11/h1-2,4,7H,3,5-6,8-9,14H2,(H,15,19). The molecule has 2 aromatic rings. The molecule has 0 saturated heterocycles. The molecule has 1 amide bonds. The van der Waals surface area contributed by atoms with Crippen molar-refractivity contribution in [1.82, 2.24) is 19.9 Å². The monoisotopic (exact) mass is 259 g/mol. The van der Waals surface area contributed by atoms with Crippen LogP contribution in [0.25, 0.3) is 5.65 Å². The molecule has 1 aliphatic rings. The molecule has 0 unspecified atom stereocenters. The van der Waals surface area contributed by atoms with Gasteiger partial charge in [-0.05, 0) is 31.4 Å². The number of pyridine rings is 1. The molecular formula is C13H17N5O. The van der Waals surface area contributed by atoms with Crippen molar-refractivity contribution in [3.63, 3.8) is 0 Å². The van der Waals surface area contributed by atoms with Crippen LogP contribution in [-0.2, 0) is 11.3 Å². The minimum atomic E-state index is -0.281. The fraction of sp³-hybridized carbons (Fsp3) is 0.462. The number of nitrogens with zero attached hydrogens (tertiary/aromatic N) is 3. The first kappa shape index (κ1) is 12.1. The first-order valence-corrected chi connectivity index (χ1v) is 6.51. The minimum Gasteiger partial charge on any atom is -0.349 e. The molecule has 2 heterocycles. The van der Waals surface area contributed by atoms with E-state index in [0.29, 0.717) is 13.0 Å². The number of nitrogens with one attached hydrogen (secondary N) is 1.